The van der Waals surface area contributed by atoms with Gasteiger partial charge in [0, 0.05) is 39.9 Å². The second kappa shape index (κ2) is 11.3. The molecular formula is C39H42N6O2. The van der Waals surface area contributed by atoms with E-state index in [-0.39, 0.29) is 6.23 Å². The third-order valence-corrected chi connectivity index (χ3v) is 10.8. The Morgan fingerprint density at radius 2 is 1.87 bits per heavy atom. The molecular weight excluding hydrogens is 584 g/mol. The van der Waals surface area contributed by atoms with Gasteiger partial charge in [-0.1, -0.05) is 32.0 Å². The van der Waals surface area contributed by atoms with Crippen LogP contribution in [0.4, 0.5) is 5.82 Å². The maximum atomic E-state index is 6.97. The van der Waals surface area contributed by atoms with Gasteiger partial charge in [-0.05, 0) is 105 Å². The predicted octanol–water partition coefficient (Wildman–Crippen LogP) is 7.81. The molecule has 0 bridgehead atoms. The van der Waals surface area contributed by atoms with Gasteiger partial charge in [0.05, 0.1) is 30.6 Å². The van der Waals surface area contributed by atoms with Gasteiger partial charge < -0.3 is 29.7 Å². The summed E-state index contributed by atoms with van der Waals surface area (Å²) < 4.78 is 14.9. The highest BCUT2D eigenvalue weighted by Crippen LogP contribution is 2.46. The normalized spacial score (nSPS) is 26.3. The zero-order valence-corrected chi connectivity index (χ0v) is 27.3. The first kappa shape index (κ1) is 28.6. The van der Waals surface area contributed by atoms with Crippen LogP contribution in [0, 0.1) is 11.8 Å². The number of rotatable bonds is 7. The maximum absolute atomic E-state index is 6.97. The molecule has 3 aromatic carbocycles. The van der Waals surface area contributed by atoms with E-state index in [0.29, 0.717) is 24.0 Å². The van der Waals surface area contributed by atoms with E-state index in [2.05, 4.69) is 88.6 Å². The van der Waals surface area contributed by atoms with Crippen LogP contribution >= 0.6 is 0 Å². The van der Waals surface area contributed by atoms with Gasteiger partial charge >= 0.3 is 0 Å². The summed E-state index contributed by atoms with van der Waals surface area (Å²) in [5.41, 5.74) is 7.80. The second-order valence-electron chi connectivity index (χ2n) is 14.0. The maximum Gasteiger partial charge on any atom is 0.203 e. The van der Waals surface area contributed by atoms with E-state index in [9.17, 15) is 0 Å². The average Bonchev–Trinajstić information content (AvgIpc) is 3.56. The lowest BCUT2D eigenvalue weighted by atomic mass is 9.85. The summed E-state index contributed by atoms with van der Waals surface area (Å²) in [5, 5.41) is 8.42. The van der Waals surface area contributed by atoms with E-state index in [0.717, 1.165) is 87.3 Å². The summed E-state index contributed by atoms with van der Waals surface area (Å²) in [6.45, 7) is 5.74. The van der Waals surface area contributed by atoms with Gasteiger partial charge in [-0.2, -0.15) is 0 Å². The Labute approximate surface area is 275 Å². The number of aliphatic imine (C=N–C) groups is 1. The Hall–Kier alpha value is -4.56. The van der Waals surface area contributed by atoms with Crippen LogP contribution in [0.25, 0.3) is 33.5 Å². The van der Waals surface area contributed by atoms with Crippen molar-refractivity contribution in [3.05, 3.63) is 84.1 Å². The lowest BCUT2D eigenvalue weighted by molar-refractivity contribution is 0.173. The molecule has 2 aromatic heterocycles. The number of anilines is 1. The Morgan fingerprint density at radius 3 is 2.70 bits per heavy atom. The first-order valence-corrected chi connectivity index (χ1v) is 17.2. The Kier molecular flexibility index (Phi) is 6.89. The first-order chi connectivity index (χ1) is 23.0. The number of ether oxygens (including phenoxy) is 2. The zero-order valence-electron chi connectivity index (χ0n) is 27.3. The average molecular weight is 627 g/mol. The van der Waals surface area contributed by atoms with Crippen molar-refractivity contribution in [1.82, 2.24) is 19.9 Å². The number of hydrogen-bond acceptors (Lipinski definition) is 6. The number of hydrogen-bond donors (Lipinski definition) is 3. The fraction of sp³-hybridized carbons (Fsp3) is 0.385. The van der Waals surface area contributed by atoms with Crippen LogP contribution < -0.4 is 20.1 Å². The summed E-state index contributed by atoms with van der Waals surface area (Å²) in [4.78, 5) is 13.6. The number of benzene rings is 3. The predicted molar refractivity (Wildman–Crippen MR) is 188 cm³/mol. The SMILES string of the molecule is COc1cccc(C2Oc3cc(C4=NC(C5CCCN5)C(C)CC4)ccc3-c3cc4cc(-c5ncc(NC6CC6C)[nH]5)ccc4n32)c1. The molecule has 6 unspecified atom stereocenters. The van der Waals surface area contributed by atoms with Gasteiger partial charge in [-0.15, -0.1) is 0 Å². The van der Waals surface area contributed by atoms with E-state index < -0.39 is 0 Å². The number of nitrogens with one attached hydrogen (secondary N) is 3. The van der Waals surface area contributed by atoms with Gasteiger partial charge in [0.2, 0.25) is 6.23 Å². The summed E-state index contributed by atoms with van der Waals surface area (Å²) in [6.07, 6.45) is 7.37. The Balaban J connectivity index is 1.12. The smallest absolute Gasteiger partial charge is 0.203 e. The molecule has 3 N–H and O–H groups in total. The molecule has 0 spiro atoms. The number of aromatic nitrogens is 3. The van der Waals surface area contributed by atoms with Crippen LogP contribution in [-0.2, 0) is 0 Å². The third-order valence-electron chi connectivity index (χ3n) is 10.8. The van der Waals surface area contributed by atoms with Crippen molar-refractivity contribution < 1.29 is 9.47 Å². The van der Waals surface area contributed by atoms with Gasteiger partial charge in [-0.25, -0.2) is 4.98 Å². The number of nitrogens with zero attached hydrogens (tertiary/aromatic N) is 3. The molecule has 3 aliphatic heterocycles. The number of methoxy groups -OCH3 is 1. The molecule has 4 aliphatic rings. The Morgan fingerprint density at radius 1 is 0.979 bits per heavy atom. The zero-order chi connectivity index (χ0) is 31.6. The lowest BCUT2D eigenvalue weighted by Gasteiger charge is -2.33. The quantitative estimate of drug-likeness (QED) is 0.172. The van der Waals surface area contributed by atoms with E-state index >= 15 is 0 Å². The number of fused-ring (bicyclic) bond motifs is 5. The van der Waals surface area contributed by atoms with E-state index in [1.807, 2.05) is 18.3 Å². The molecule has 5 heterocycles. The van der Waals surface area contributed by atoms with Crippen molar-refractivity contribution in [3.63, 3.8) is 0 Å². The van der Waals surface area contributed by atoms with E-state index in [1.165, 1.54) is 25.0 Å². The van der Waals surface area contributed by atoms with Crippen LogP contribution in [0.1, 0.15) is 63.3 Å². The summed E-state index contributed by atoms with van der Waals surface area (Å²) in [7, 11) is 1.71. The molecule has 9 rings (SSSR count). The molecule has 240 valence electrons. The highest BCUT2D eigenvalue weighted by molar-refractivity contribution is 6.02. The van der Waals surface area contributed by atoms with Crippen molar-refractivity contribution in [3.8, 4) is 34.1 Å². The number of H-pyrrole nitrogens is 1. The number of imidazole rings is 1. The van der Waals surface area contributed by atoms with Gasteiger partial charge in [0.15, 0.2) is 0 Å². The van der Waals surface area contributed by atoms with Crippen LogP contribution in [0.5, 0.6) is 11.5 Å². The van der Waals surface area contributed by atoms with Crippen LogP contribution in [0.3, 0.4) is 0 Å². The molecule has 1 aliphatic carbocycles. The fourth-order valence-electron chi connectivity index (χ4n) is 7.92. The van der Waals surface area contributed by atoms with Gasteiger partial charge in [-0.3, -0.25) is 4.99 Å². The first-order valence-electron chi connectivity index (χ1n) is 17.2. The molecule has 0 radical (unpaired) electrons. The van der Waals surface area contributed by atoms with Crippen LogP contribution in [0.2, 0.25) is 0 Å². The highest BCUT2D eigenvalue weighted by Gasteiger charge is 2.34. The Bertz CT molecular complexity index is 2000. The minimum atomic E-state index is -0.352. The summed E-state index contributed by atoms with van der Waals surface area (Å²) in [6, 6.07) is 25.1. The third kappa shape index (κ3) is 5.10. The largest absolute Gasteiger partial charge is 0.497 e. The van der Waals surface area contributed by atoms with Crippen LogP contribution in [0.15, 0.2) is 77.9 Å². The van der Waals surface area contributed by atoms with E-state index in [4.69, 9.17) is 19.5 Å². The minimum absolute atomic E-state index is 0.331. The molecule has 6 atom stereocenters. The molecule has 1 saturated heterocycles. The van der Waals surface area contributed by atoms with Crippen molar-refractivity contribution in [2.75, 3.05) is 19.0 Å². The molecule has 1 saturated carbocycles. The monoisotopic (exact) mass is 626 g/mol. The molecule has 5 aromatic rings. The van der Waals surface area contributed by atoms with Gasteiger partial charge in [0.25, 0.3) is 0 Å². The van der Waals surface area contributed by atoms with Crippen molar-refractivity contribution >= 4 is 22.4 Å². The lowest BCUT2D eigenvalue weighted by Crippen LogP contribution is -2.40. The standard InChI is InChI=1S/C39H42N6O2/c1-22-9-13-30(43-37(22)31-8-5-15-40-31)24-10-12-29-34-19-27-17-25(38-41-21-36(44-38)42-32-16-23(32)2)11-14-33(27)45(34)39(47-35(29)20-24)26-6-4-7-28(18-26)46-3/h4,6-7,10-12,14,17-23,31-32,37,39-40,42H,5,8-9,13,15-16H2,1-3H3,(H,41,44). The van der Waals surface area contributed by atoms with Crippen molar-refractivity contribution in [2.24, 2.45) is 16.8 Å². The molecule has 8 heteroatoms. The molecule has 8 nitrogen and oxygen atoms in total. The summed E-state index contributed by atoms with van der Waals surface area (Å²) in [5.74, 6) is 4.85. The van der Waals surface area contributed by atoms with E-state index in [1.54, 1.807) is 7.11 Å². The topological polar surface area (TPSA) is 88.5 Å². The molecule has 47 heavy (non-hydrogen) atoms. The number of aromatic amines is 1. The van der Waals surface area contributed by atoms with Crippen molar-refractivity contribution in [2.45, 2.75) is 70.3 Å². The van der Waals surface area contributed by atoms with Gasteiger partial charge in [0.1, 0.15) is 23.1 Å². The molecule has 0 amide bonds. The summed E-state index contributed by atoms with van der Waals surface area (Å²) >= 11 is 0. The van der Waals surface area contributed by atoms with Crippen LogP contribution in [-0.4, -0.2) is 52.0 Å². The highest BCUT2D eigenvalue weighted by atomic mass is 16.5. The second-order valence-corrected chi connectivity index (χ2v) is 14.0. The minimum Gasteiger partial charge on any atom is -0.497 e. The van der Waals surface area contributed by atoms with Crippen molar-refractivity contribution in [1.29, 1.82) is 0 Å². The molecule has 2 fully saturated rings. The fourth-order valence-corrected chi connectivity index (χ4v) is 7.92.